The summed E-state index contributed by atoms with van der Waals surface area (Å²) in [6, 6.07) is 4.89. The van der Waals surface area contributed by atoms with Crippen LogP contribution in [0.1, 0.15) is 68.0 Å². The Balaban J connectivity index is 2.21. The Labute approximate surface area is 210 Å². The third-order valence-corrected chi connectivity index (χ3v) is 7.47. The monoisotopic (exact) mass is 502 g/mol. The summed E-state index contributed by atoms with van der Waals surface area (Å²) < 4.78 is 5.63. The van der Waals surface area contributed by atoms with Crippen molar-refractivity contribution in [1.82, 2.24) is 9.88 Å². The van der Waals surface area contributed by atoms with Gasteiger partial charge < -0.3 is 14.7 Å². The Morgan fingerprint density at radius 1 is 1.32 bits per heavy atom. The number of rotatable bonds is 8. The lowest BCUT2D eigenvalue weighted by molar-refractivity contribution is -0.147. The number of aromatic nitrogens is 1. The van der Waals surface area contributed by atoms with Gasteiger partial charge in [0.1, 0.15) is 16.8 Å². The van der Waals surface area contributed by atoms with Crippen molar-refractivity contribution in [3.8, 4) is 5.75 Å². The van der Waals surface area contributed by atoms with Crippen LogP contribution in [0.25, 0.3) is 0 Å². The number of carbonyl (C=O) groups excluding carboxylic acids is 1. The minimum atomic E-state index is -1.46. The predicted molar refractivity (Wildman–Crippen MR) is 139 cm³/mol. The minimum absolute atomic E-state index is 0.0611. The van der Waals surface area contributed by atoms with Crippen LogP contribution < -0.4 is 4.74 Å². The standard InChI is InChI=1S/C26H34N2O4S2/c1-16(2)13-26(24(30)31)14-18(15-33-7)21(22-27-10-11-34-22)28(26)23(29)17-8-9-19(25(3,4)5)20(12-17)32-6/h8-12,14,16,21H,13,15H2,1-7H3,(H,30,31). The average molecular weight is 503 g/mol. The van der Waals surface area contributed by atoms with E-state index in [1.54, 1.807) is 48.2 Å². The van der Waals surface area contributed by atoms with Gasteiger partial charge in [-0.25, -0.2) is 9.78 Å². The Hall–Kier alpha value is -2.32. The molecular weight excluding hydrogens is 468 g/mol. The second-order valence-electron chi connectivity index (χ2n) is 10.1. The molecule has 0 saturated carbocycles. The maximum atomic E-state index is 14.2. The molecule has 3 rings (SSSR count). The molecule has 1 amide bonds. The predicted octanol–water partition coefficient (Wildman–Crippen LogP) is 5.81. The number of carboxylic acids is 1. The van der Waals surface area contributed by atoms with Crippen molar-refractivity contribution in [2.45, 2.75) is 58.0 Å². The highest BCUT2D eigenvalue weighted by Crippen LogP contribution is 2.47. The van der Waals surface area contributed by atoms with E-state index in [0.717, 1.165) is 16.1 Å². The van der Waals surface area contributed by atoms with E-state index in [2.05, 4.69) is 25.8 Å². The summed E-state index contributed by atoms with van der Waals surface area (Å²) in [7, 11) is 1.59. The van der Waals surface area contributed by atoms with Crippen molar-refractivity contribution in [1.29, 1.82) is 0 Å². The Morgan fingerprint density at radius 3 is 2.53 bits per heavy atom. The van der Waals surface area contributed by atoms with E-state index in [1.165, 1.54) is 11.3 Å². The molecule has 1 aliphatic rings. The van der Waals surface area contributed by atoms with Gasteiger partial charge in [0.25, 0.3) is 5.91 Å². The number of thiazole rings is 1. The SMILES string of the molecule is COc1cc(C(=O)N2C(c3nccs3)C(CSC)=CC2(CC(C)C)C(=O)O)ccc1C(C)(C)C. The number of methoxy groups -OCH3 is 1. The van der Waals surface area contributed by atoms with Crippen LogP contribution in [0.5, 0.6) is 5.75 Å². The van der Waals surface area contributed by atoms with Crippen LogP contribution in [0.15, 0.2) is 41.4 Å². The summed E-state index contributed by atoms with van der Waals surface area (Å²) in [5.74, 6) is -0.0655. The summed E-state index contributed by atoms with van der Waals surface area (Å²) in [5, 5.41) is 13.1. The molecule has 0 fully saturated rings. The quantitative estimate of drug-likeness (QED) is 0.459. The molecule has 0 spiro atoms. The summed E-state index contributed by atoms with van der Waals surface area (Å²) in [6.07, 6.45) is 5.79. The molecule has 1 aromatic heterocycles. The van der Waals surface area contributed by atoms with Crippen molar-refractivity contribution in [3.05, 3.63) is 57.6 Å². The third-order valence-electron chi connectivity index (χ3n) is 6.02. The van der Waals surface area contributed by atoms with E-state index in [-0.39, 0.29) is 17.2 Å². The summed E-state index contributed by atoms with van der Waals surface area (Å²) in [4.78, 5) is 33.1. The first-order valence-electron chi connectivity index (χ1n) is 11.3. The van der Waals surface area contributed by atoms with Crippen LogP contribution in [0.2, 0.25) is 0 Å². The molecule has 1 aromatic carbocycles. The fourth-order valence-corrected chi connectivity index (χ4v) is 6.03. The number of carboxylic acid groups (broad SMARTS) is 1. The topological polar surface area (TPSA) is 79.7 Å². The Morgan fingerprint density at radius 2 is 2.03 bits per heavy atom. The first kappa shape index (κ1) is 26.3. The van der Waals surface area contributed by atoms with Gasteiger partial charge in [-0.15, -0.1) is 11.3 Å². The van der Waals surface area contributed by atoms with Gasteiger partial charge in [-0.3, -0.25) is 4.79 Å². The first-order chi connectivity index (χ1) is 16.0. The second-order valence-corrected chi connectivity index (χ2v) is 11.9. The van der Waals surface area contributed by atoms with Crippen LogP contribution in [-0.2, 0) is 10.2 Å². The Kier molecular flexibility index (Phi) is 7.82. The molecule has 1 N–H and O–H groups in total. The van der Waals surface area contributed by atoms with Gasteiger partial charge in [-0.2, -0.15) is 11.8 Å². The minimum Gasteiger partial charge on any atom is -0.496 e. The highest BCUT2D eigenvalue weighted by atomic mass is 32.2. The van der Waals surface area contributed by atoms with E-state index < -0.39 is 17.6 Å². The third kappa shape index (κ3) is 4.89. The van der Waals surface area contributed by atoms with E-state index >= 15 is 0 Å². The molecule has 184 valence electrons. The van der Waals surface area contributed by atoms with Crippen LogP contribution >= 0.6 is 23.1 Å². The molecule has 6 nitrogen and oxygen atoms in total. The van der Waals surface area contributed by atoms with Crippen molar-refractivity contribution in [2.75, 3.05) is 19.1 Å². The average Bonchev–Trinajstić information content (AvgIpc) is 3.38. The van der Waals surface area contributed by atoms with Gasteiger partial charge in [-0.1, -0.05) is 40.7 Å². The van der Waals surface area contributed by atoms with E-state index in [1.807, 2.05) is 31.5 Å². The molecule has 34 heavy (non-hydrogen) atoms. The van der Waals surface area contributed by atoms with Crippen molar-refractivity contribution in [3.63, 3.8) is 0 Å². The fraction of sp³-hybridized carbons (Fsp3) is 0.500. The largest absolute Gasteiger partial charge is 0.496 e. The number of hydrogen-bond acceptors (Lipinski definition) is 6. The fourth-order valence-electron chi connectivity index (χ4n) is 4.69. The summed E-state index contributed by atoms with van der Waals surface area (Å²) >= 11 is 3.05. The van der Waals surface area contributed by atoms with Crippen LogP contribution in [0.3, 0.4) is 0 Å². The number of aliphatic carboxylic acids is 1. The van der Waals surface area contributed by atoms with Gasteiger partial charge in [0, 0.05) is 22.9 Å². The zero-order chi connectivity index (χ0) is 25.3. The molecule has 0 saturated heterocycles. The highest BCUT2D eigenvalue weighted by Gasteiger charge is 2.55. The molecule has 1 aliphatic heterocycles. The number of ether oxygens (including phenoxy) is 1. The molecule has 0 radical (unpaired) electrons. The molecule has 0 bridgehead atoms. The first-order valence-corrected chi connectivity index (χ1v) is 13.6. The van der Waals surface area contributed by atoms with Crippen molar-refractivity contribution < 1.29 is 19.4 Å². The lowest BCUT2D eigenvalue weighted by atomic mass is 9.85. The van der Waals surface area contributed by atoms with E-state index in [0.29, 0.717) is 23.5 Å². The van der Waals surface area contributed by atoms with Gasteiger partial charge >= 0.3 is 5.97 Å². The molecule has 8 heteroatoms. The number of nitrogens with zero attached hydrogens (tertiary/aromatic N) is 2. The van der Waals surface area contributed by atoms with Gasteiger partial charge in [0.15, 0.2) is 5.54 Å². The second kappa shape index (κ2) is 10.1. The number of thioether (sulfide) groups is 1. The number of carbonyl (C=O) groups is 2. The van der Waals surface area contributed by atoms with Crippen LogP contribution in [0, 0.1) is 5.92 Å². The number of benzene rings is 1. The molecule has 2 atom stereocenters. The lowest BCUT2D eigenvalue weighted by Gasteiger charge is -2.39. The van der Waals surface area contributed by atoms with Gasteiger partial charge in [0.2, 0.25) is 0 Å². The maximum absolute atomic E-state index is 14.2. The van der Waals surface area contributed by atoms with Crippen molar-refractivity contribution in [2.24, 2.45) is 5.92 Å². The molecule has 0 aliphatic carbocycles. The summed E-state index contributed by atoms with van der Waals surface area (Å²) in [6.45, 7) is 10.2. The van der Waals surface area contributed by atoms with Crippen LogP contribution in [0.4, 0.5) is 0 Å². The number of hydrogen-bond donors (Lipinski definition) is 1. The molecule has 2 heterocycles. The van der Waals surface area contributed by atoms with Gasteiger partial charge in [-0.05, 0) is 53.4 Å². The zero-order valence-electron chi connectivity index (χ0n) is 20.9. The Bertz CT molecular complexity index is 1070. The maximum Gasteiger partial charge on any atom is 0.333 e. The molecular formula is C26H34N2O4S2. The van der Waals surface area contributed by atoms with Gasteiger partial charge in [0.05, 0.1) is 7.11 Å². The van der Waals surface area contributed by atoms with Crippen LogP contribution in [-0.4, -0.2) is 51.5 Å². The zero-order valence-corrected chi connectivity index (χ0v) is 22.5. The number of amides is 1. The molecule has 2 unspecified atom stereocenters. The molecule has 2 aromatic rings. The lowest BCUT2D eigenvalue weighted by Crippen LogP contribution is -2.54. The summed E-state index contributed by atoms with van der Waals surface area (Å²) in [5.41, 5.74) is 0.663. The van der Waals surface area contributed by atoms with Crippen molar-refractivity contribution >= 4 is 35.0 Å². The van der Waals surface area contributed by atoms with E-state index in [4.69, 9.17) is 4.74 Å². The highest BCUT2D eigenvalue weighted by molar-refractivity contribution is 7.98. The smallest absolute Gasteiger partial charge is 0.333 e. The van der Waals surface area contributed by atoms with E-state index in [9.17, 15) is 14.7 Å². The normalized spacial score (nSPS) is 20.5.